The van der Waals surface area contributed by atoms with Crippen molar-refractivity contribution in [3.8, 4) is 0 Å². The summed E-state index contributed by atoms with van der Waals surface area (Å²) in [6, 6.07) is 7.66. The van der Waals surface area contributed by atoms with Gasteiger partial charge in [-0.25, -0.2) is 0 Å². The van der Waals surface area contributed by atoms with Gasteiger partial charge in [-0.3, -0.25) is 9.67 Å². The highest BCUT2D eigenvalue weighted by atomic mass is 16.5. The summed E-state index contributed by atoms with van der Waals surface area (Å²) in [5.41, 5.74) is 6.56. The van der Waals surface area contributed by atoms with E-state index in [1.54, 1.807) is 16.9 Å². The molecule has 0 aliphatic heterocycles. The zero-order valence-electron chi connectivity index (χ0n) is 9.62. The Bertz CT molecular complexity index is 441. The second kappa shape index (κ2) is 6.00. The lowest BCUT2D eigenvalue weighted by Gasteiger charge is -2.04. The van der Waals surface area contributed by atoms with Crippen molar-refractivity contribution < 1.29 is 4.74 Å². The van der Waals surface area contributed by atoms with Crippen LogP contribution in [0.25, 0.3) is 0 Å². The highest BCUT2D eigenvalue weighted by molar-refractivity contribution is 5.23. The first kappa shape index (κ1) is 11.6. The molecule has 2 aromatic rings. The third-order valence-corrected chi connectivity index (χ3v) is 2.35. The largest absolute Gasteiger partial charge is 0.382 e. The molecule has 2 N–H and O–H groups in total. The van der Waals surface area contributed by atoms with Gasteiger partial charge in [0.05, 0.1) is 19.8 Å². The monoisotopic (exact) mass is 232 g/mol. The quantitative estimate of drug-likeness (QED) is 0.758. The number of hydrogen-bond donors (Lipinski definition) is 1. The maximum atomic E-state index is 5.51. The summed E-state index contributed by atoms with van der Waals surface area (Å²) in [6.07, 6.45) is 4.47. The van der Waals surface area contributed by atoms with Gasteiger partial charge >= 0.3 is 0 Å². The predicted octanol–water partition coefficient (Wildman–Crippen LogP) is 1.12. The molecule has 0 unspecified atom stereocenters. The molecular weight excluding hydrogens is 216 g/mol. The van der Waals surface area contributed by atoms with Gasteiger partial charge in [0.15, 0.2) is 0 Å². The van der Waals surface area contributed by atoms with Gasteiger partial charge in [0, 0.05) is 24.5 Å². The van der Waals surface area contributed by atoms with Crippen molar-refractivity contribution in [2.75, 3.05) is 18.9 Å². The third kappa shape index (κ3) is 3.88. The van der Waals surface area contributed by atoms with Crippen LogP contribution >= 0.6 is 0 Å². The van der Waals surface area contributed by atoms with Gasteiger partial charge in [-0.1, -0.05) is 6.07 Å². The average Bonchev–Trinajstić information content (AvgIpc) is 2.76. The second-order valence-electron chi connectivity index (χ2n) is 3.69. The van der Waals surface area contributed by atoms with Crippen LogP contribution in [0.15, 0.2) is 36.7 Å². The maximum Gasteiger partial charge on any atom is 0.145 e. The van der Waals surface area contributed by atoms with Crippen LogP contribution in [0, 0.1) is 0 Å². The van der Waals surface area contributed by atoms with Crippen molar-refractivity contribution in [3.05, 3.63) is 42.4 Å². The van der Waals surface area contributed by atoms with Crippen LogP contribution in [0.5, 0.6) is 0 Å². The van der Waals surface area contributed by atoms with Crippen molar-refractivity contribution >= 4 is 5.82 Å². The van der Waals surface area contributed by atoms with Crippen LogP contribution in [0.4, 0.5) is 5.82 Å². The molecule has 0 saturated heterocycles. The molecule has 5 nitrogen and oxygen atoms in total. The van der Waals surface area contributed by atoms with Crippen LogP contribution in [-0.2, 0) is 17.7 Å². The number of nitrogen functional groups attached to an aromatic ring is 1. The van der Waals surface area contributed by atoms with Gasteiger partial charge in [0.1, 0.15) is 5.82 Å². The topological polar surface area (TPSA) is 66.0 Å². The Kier molecular flexibility index (Phi) is 4.10. The van der Waals surface area contributed by atoms with Crippen molar-refractivity contribution in [1.82, 2.24) is 14.8 Å². The minimum absolute atomic E-state index is 0.540. The summed E-state index contributed by atoms with van der Waals surface area (Å²) >= 11 is 0. The smallest absolute Gasteiger partial charge is 0.145 e. The summed E-state index contributed by atoms with van der Waals surface area (Å²) in [6.45, 7) is 2.03. The standard InChI is InChI=1S/C12H16N4O/c13-12-4-7-16(15-12)8-10-17-9-5-11-3-1-2-6-14-11/h1-4,6-7H,5,8-10H2,(H2,13,15). The number of pyridine rings is 1. The normalized spacial score (nSPS) is 10.6. The summed E-state index contributed by atoms with van der Waals surface area (Å²) < 4.78 is 7.28. The predicted molar refractivity (Wildman–Crippen MR) is 65.4 cm³/mol. The van der Waals surface area contributed by atoms with Crippen LogP contribution in [0.3, 0.4) is 0 Å². The molecule has 17 heavy (non-hydrogen) atoms. The van der Waals surface area contributed by atoms with Crippen LogP contribution < -0.4 is 5.73 Å². The number of aromatic nitrogens is 3. The molecule has 0 aromatic carbocycles. The number of nitrogens with zero attached hydrogens (tertiary/aromatic N) is 3. The highest BCUT2D eigenvalue weighted by Crippen LogP contribution is 1.97. The molecule has 0 atom stereocenters. The van der Waals surface area contributed by atoms with Gasteiger partial charge in [0.25, 0.3) is 0 Å². The Labute approximate surface area is 100 Å². The van der Waals surface area contributed by atoms with Gasteiger partial charge in [-0.15, -0.1) is 0 Å². The minimum Gasteiger partial charge on any atom is -0.382 e. The molecule has 0 aliphatic rings. The molecule has 5 heteroatoms. The summed E-state index contributed by atoms with van der Waals surface area (Å²) in [5, 5.41) is 4.07. The van der Waals surface area contributed by atoms with E-state index in [9.17, 15) is 0 Å². The zero-order chi connectivity index (χ0) is 11.9. The number of hydrogen-bond acceptors (Lipinski definition) is 4. The summed E-state index contributed by atoms with van der Waals surface area (Å²) in [7, 11) is 0. The van der Waals surface area contributed by atoms with Crippen molar-refractivity contribution in [2.24, 2.45) is 0 Å². The van der Waals surface area contributed by atoms with E-state index < -0.39 is 0 Å². The molecular formula is C12H16N4O. The van der Waals surface area contributed by atoms with Gasteiger partial charge in [-0.2, -0.15) is 5.10 Å². The fourth-order valence-electron chi connectivity index (χ4n) is 1.48. The second-order valence-corrected chi connectivity index (χ2v) is 3.69. The molecule has 0 amide bonds. The fraction of sp³-hybridized carbons (Fsp3) is 0.333. The Balaban J connectivity index is 1.61. The number of ether oxygens (including phenoxy) is 1. The first-order valence-corrected chi connectivity index (χ1v) is 5.61. The van der Waals surface area contributed by atoms with E-state index in [-0.39, 0.29) is 0 Å². The van der Waals surface area contributed by atoms with Crippen LogP contribution in [0.1, 0.15) is 5.69 Å². The molecule has 0 aliphatic carbocycles. The molecule has 0 saturated carbocycles. The maximum absolute atomic E-state index is 5.51. The lowest BCUT2D eigenvalue weighted by molar-refractivity contribution is 0.126. The van der Waals surface area contributed by atoms with Crippen molar-refractivity contribution in [2.45, 2.75) is 13.0 Å². The van der Waals surface area contributed by atoms with E-state index in [0.29, 0.717) is 19.0 Å². The van der Waals surface area contributed by atoms with E-state index in [4.69, 9.17) is 10.5 Å². The van der Waals surface area contributed by atoms with E-state index in [1.165, 1.54) is 0 Å². The van der Waals surface area contributed by atoms with Crippen molar-refractivity contribution in [3.63, 3.8) is 0 Å². The van der Waals surface area contributed by atoms with E-state index >= 15 is 0 Å². The van der Waals surface area contributed by atoms with E-state index in [0.717, 1.165) is 18.7 Å². The Morgan fingerprint density at radius 2 is 2.18 bits per heavy atom. The minimum atomic E-state index is 0.540. The first-order chi connectivity index (χ1) is 8.34. The van der Waals surface area contributed by atoms with Crippen LogP contribution in [0.2, 0.25) is 0 Å². The Morgan fingerprint density at radius 3 is 2.88 bits per heavy atom. The molecule has 2 heterocycles. The number of rotatable bonds is 6. The molecule has 2 rings (SSSR count). The molecule has 90 valence electrons. The molecule has 0 radical (unpaired) electrons. The summed E-state index contributed by atoms with van der Waals surface area (Å²) in [5.74, 6) is 0.540. The lowest BCUT2D eigenvalue weighted by Crippen LogP contribution is -2.09. The lowest BCUT2D eigenvalue weighted by atomic mass is 10.3. The van der Waals surface area contributed by atoms with Crippen molar-refractivity contribution in [1.29, 1.82) is 0 Å². The SMILES string of the molecule is Nc1ccn(CCOCCc2ccccn2)n1. The Hall–Kier alpha value is -1.88. The number of nitrogens with two attached hydrogens (primary N) is 1. The number of anilines is 1. The third-order valence-electron chi connectivity index (χ3n) is 2.35. The average molecular weight is 232 g/mol. The molecule has 0 spiro atoms. The Morgan fingerprint density at radius 1 is 1.24 bits per heavy atom. The first-order valence-electron chi connectivity index (χ1n) is 5.61. The van der Waals surface area contributed by atoms with E-state index in [2.05, 4.69) is 10.1 Å². The van der Waals surface area contributed by atoms with Gasteiger partial charge < -0.3 is 10.5 Å². The van der Waals surface area contributed by atoms with E-state index in [1.807, 2.05) is 24.4 Å². The zero-order valence-corrected chi connectivity index (χ0v) is 9.62. The van der Waals surface area contributed by atoms with Crippen LogP contribution in [-0.4, -0.2) is 28.0 Å². The van der Waals surface area contributed by atoms with Gasteiger partial charge in [-0.05, 0) is 18.2 Å². The molecule has 2 aromatic heterocycles. The highest BCUT2D eigenvalue weighted by Gasteiger charge is 1.96. The van der Waals surface area contributed by atoms with Gasteiger partial charge in [0.2, 0.25) is 0 Å². The fourth-order valence-corrected chi connectivity index (χ4v) is 1.48. The molecule has 0 bridgehead atoms. The summed E-state index contributed by atoms with van der Waals surface area (Å²) in [4.78, 5) is 4.22. The molecule has 0 fully saturated rings.